The minimum atomic E-state index is -2.99. The number of rotatable bonds is 2. The molecule has 4 nitrogen and oxygen atoms in total. The summed E-state index contributed by atoms with van der Waals surface area (Å²) in [5.41, 5.74) is -1.25. The highest BCUT2D eigenvalue weighted by Gasteiger charge is 2.26. The van der Waals surface area contributed by atoms with Crippen LogP contribution < -0.4 is 0 Å². The van der Waals surface area contributed by atoms with Gasteiger partial charge in [0.05, 0.1) is 18.9 Å². The topological polar surface area (TPSA) is 59.4 Å². The Bertz CT molecular complexity index is 398. The zero-order valence-corrected chi connectivity index (χ0v) is 9.09. The van der Waals surface area contributed by atoms with Crippen LogP contribution >= 0.6 is 15.9 Å². The number of hydrogen-bond acceptors (Lipinski definition) is 4. The first-order chi connectivity index (χ1) is 6.99. The Kier molecular flexibility index (Phi) is 3.57. The molecule has 82 valence electrons. The summed E-state index contributed by atoms with van der Waals surface area (Å²) in [5, 5.41) is 9.16. The van der Waals surface area contributed by atoms with Crippen molar-refractivity contribution in [2.24, 2.45) is 0 Å². The highest BCUT2D eigenvalue weighted by molar-refractivity contribution is 9.10. The molecule has 0 bridgehead atoms. The number of carbonyl (C=O) groups is 1. The fourth-order valence-corrected chi connectivity index (χ4v) is 1.49. The maximum absolute atomic E-state index is 12.5. The van der Waals surface area contributed by atoms with Crippen molar-refractivity contribution in [1.82, 2.24) is 4.98 Å². The van der Waals surface area contributed by atoms with E-state index < -0.39 is 29.3 Å². The lowest BCUT2D eigenvalue weighted by atomic mass is 10.1. The predicted molar refractivity (Wildman–Crippen MR) is 49.9 cm³/mol. The first kappa shape index (κ1) is 11.8. The van der Waals surface area contributed by atoms with Gasteiger partial charge in [-0.25, -0.2) is 18.6 Å². The van der Waals surface area contributed by atoms with Crippen LogP contribution in [0.1, 0.15) is 22.3 Å². The quantitative estimate of drug-likeness (QED) is 0.667. The van der Waals surface area contributed by atoms with Gasteiger partial charge in [0, 0.05) is 0 Å². The summed E-state index contributed by atoms with van der Waals surface area (Å²) in [6, 6.07) is 0. The van der Waals surface area contributed by atoms with Crippen molar-refractivity contribution in [2.75, 3.05) is 7.11 Å². The van der Waals surface area contributed by atoms with Crippen molar-refractivity contribution in [3.8, 4) is 5.75 Å². The van der Waals surface area contributed by atoms with Crippen LogP contribution in [-0.4, -0.2) is 23.2 Å². The molecule has 0 aliphatic rings. The van der Waals surface area contributed by atoms with Crippen molar-refractivity contribution in [3.05, 3.63) is 21.9 Å². The van der Waals surface area contributed by atoms with E-state index in [4.69, 9.17) is 5.11 Å². The van der Waals surface area contributed by atoms with Crippen LogP contribution in [0.2, 0.25) is 0 Å². The molecule has 1 N–H and O–H groups in total. The number of aromatic nitrogens is 1. The van der Waals surface area contributed by atoms with Crippen molar-refractivity contribution in [2.45, 2.75) is 6.43 Å². The molecule has 1 heterocycles. The molecule has 1 rings (SSSR count). The number of alkyl halides is 2. The Morgan fingerprint density at radius 1 is 1.67 bits per heavy atom. The summed E-state index contributed by atoms with van der Waals surface area (Å²) in [6.45, 7) is 0. The second-order valence-electron chi connectivity index (χ2n) is 2.52. The van der Waals surface area contributed by atoms with Crippen LogP contribution in [0.15, 0.2) is 10.8 Å². The molecule has 0 fully saturated rings. The number of halogens is 3. The minimum absolute atomic E-state index is 0.0950. The smallest absolute Gasteiger partial charge is 0.341 e. The van der Waals surface area contributed by atoms with E-state index >= 15 is 0 Å². The molecule has 0 atom stereocenters. The molecular formula is C8H6BrF2NO3. The van der Waals surface area contributed by atoms with E-state index in [2.05, 4.69) is 25.7 Å². The Morgan fingerprint density at radius 3 is 2.73 bits per heavy atom. The lowest BCUT2D eigenvalue weighted by Crippen LogP contribution is -2.08. The third-order valence-electron chi connectivity index (χ3n) is 1.66. The van der Waals surface area contributed by atoms with Gasteiger partial charge in [0.25, 0.3) is 6.43 Å². The van der Waals surface area contributed by atoms with E-state index in [0.717, 1.165) is 13.3 Å². The van der Waals surface area contributed by atoms with Gasteiger partial charge in [0.2, 0.25) is 0 Å². The molecule has 0 spiro atoms. The Labute approximate surface area is 92.0 Å². The molecule has 15 heavy (non-hydrogen) atoms. The Balaban J connectivity index is 3.45. The first-order valence-electron chi connectivity index (χ1n) is 3.72. The fourth-order valence-electron chi connectivity index (χ4n) is 1.01. The second-order valence-corrected chi connectivity index (χ2v) is 3.27. The number of pyridine rings is 1. The van der Waals surface area contributed by atoms with Crippen LogP contribution in [0, 0.1) is 0 Å². The lowest BCUT2D eigenvalue weighted by molar-refractivity contribution is 0.0585. The average molecular weight is 282 g/mol. The third kappa shape index (κ3) is 2.23. The van der Waals surface area contributed by atoms with Gasteiger partial charge in [0.15, 0.2) is 0 Å². The van der Waals surface area contributed by atoms with Crippen LogP contribution in [0.25, 0.3) is 0 Å². The summed E-state index contributed by atoms with van der Waals surface area (Å²) >= 11 is 2.83. The minimum Gasteiger partial charge on any atom is -0.506 e. The first-order valence-corrected chi connectivity index (χ1v) is 4.52. The van der Waals surface area contributed by atoms with Crippen LogP contribution in [0.4, 0.5) is 8.78 Å². The number of methoxy groups -OCH3 is 1. The Morgan fingerprint density at radius 2 is 2.27 bits per heavy atom. The highest BCUT2D eigenvalue weighted by Crippen LogP contribution is 2.34. The molecule has 0 saturated carbocycles. The summed E-state index contributed by atoms with van der Waals surface area (Å²) in [4.78, 5) is 14.7. The zero-order chi connectivity index (χ0) is 11.6. The van der Waals surface area contributed by atoms with Gasteiger partial charge in [0.1, 0.15) is 15.9 Å². The van der Waals surface area contributed by atoms with E-state index in [1.807, 2.05) is 0 Å². The summed E-state index contributed by atoms with van der Waals surface area (Å²) < 4.78 is 29.3. The monoisotopic (exact) mass is 281 g/mol. The zero-order valence-electron chi connectivity index (χ0n) is 7.50. The van der Waals surface area contributed by atoms with Crippen LogP contribution in [0.3, 0.4) is 0 Å². The summed E-state index contributed by atoms with van der Waals surface area (Å²) in [7, 11) is 1.05. The normalized spacial score (nSPS) is 10.5. The van der Waals surface area contributed by atoms with Crippen molar-refractivity contribution < 1.29 is 23.4 Å². The van der Waals surface area contributed by atoms with Gasteiger partial charge in [-0.15, -0.1) is 0 Å². The maximum Gasteiger partial charge on any atom is 0.341 e. The molecular weight excluding hydrogens is 276 g/mol. The van der Waals surface area contributed by atoms with Crippen LogP contribution in [0.5, 0.6) is 5.75 Å². The van der Waals surface area contributed by atoms with E-state index in [0.29, 0.717) is 0 Å². The number of carbonyl (C=O) groups excluding carboxylic acids is 1. The number of aromatic hydroxyl groups is 1. The van der Waals surface area contributed by atoms with Gasteiger partial charge < -0.3 is 9.84 Å². The summed E-state index contributed by atoms with van der Waals surface area (Å²) in [5.74, 6) is -1.73. The SMILES string of the molecule is COC(=O)c1c(Br)ncc(O)c1C(F)F. The van der Waals surface area contributed by atoms with Crippen LogP contribution in [-0.2, 0) is 4.74 Å². The number of ether oxygens (including phenoxy) is 1. The van der Waals surface area contributed by atoms with E-state index in [9.17, 15) is 13.6 Å². The third-order valence-corrected chi connectivity index (χ3v) is 2.26. The lowest BCUT2D eigenvalue weighted by Gasteiger charge is -2.09. The van der Waals surface area contributed by atoms with Crippen molar-refractivity contribution in [3.63, 3.8) is 0 Å². The predicted octanol–water partition coefficient (Wildman–Crippen LogP) is 2.27. The molecule has 0 amide bonds. The van der Waals surface area contributed by atoms with Gasteiger partial charge in [-0.2, -0.15) is 0 Å². The summed E-state index contributed by atoms with van der Waals surface area (Å²) in [6.07, 6.45) is -2.16. The fraction of sp³-hybridized carbons (Fsp3) is 0.250. The highest BCUT2D eigenvalue weighted by atomic mass is 79.9. The Hall–Kier alpha value is -1.24. The molecule has 7 heteroatoms. The molecule has 0 aliphatic heterocycles. The van der Waals surface area contributed by atoms with E-state index in [-0.39, 0.29) is 4.60 Å². The standard InChI is InChI=1S/C8H6BrF2NO3/c1-15-8(14)5-4(7(10)11)3(13)2-12-6(5)9/h2,7,13H,1H3. The second kappa shape index (κ2) is 4.52. The molecule has 1 aromatic heterocycles. The van der Waals surface area contributed by atoms with Gasteiger partial charge in [-0.1, -0.05) is 0 Å². The van der Waals surface area contributed by atoms with E-state index in [1.165, 1.54) is 0 Å². The maximum atomic E-state index is 12.5. The number of hydrogen-bond donors (Lipinski definition) is 1. The molecule has 0 unspecified atom stereocenters. The molecule has 0 aliphatic carbocycles. The largest absolute Gasteiger partial charge is 0.506 e. The van der Waals surface area contributed by atoms with Gasteiger partial charge in [-0.3, -0.25) is 0 Å². The van der Waals surface area contributed by atoms with Crippen molar-refractivity contribution >= 4 is 21.9 Å². The average Bonchev–Trinajstić information content (AvgIpc) is 2.19. The molecule has 0 radical (unpaired) electrons. The number of esters is 1. The molecule has 1 aromatic rings. The van der Waals surface area contributed by atoms with E-state index in [1.54, 1.807) is 0 Å². The van der Waals surface area contributed by atoms with Gasteiger partial charge >= 0.3 is 5.97 Å². The van der Waals surface area contributed by atoms with Gasteiger partial charge in [-0.05, 0) is 15.9 Å². The molecule has 0 saturated heterocycles. The number of nitrogens with zero attached hydrogens (tertiary/aromatic N) is 1. The molecule has 0 aromatic carbocycles. The van der Waals surface area contributed by atoms with Crippen molar-refractivity contribution in [1.29, 1.82) is 0 Å².